The Morgan fingerprint density at radius 2 is 2.08 bits per heavy atom. The number of ether oxygens (including phenoxy) is 1. The summed E-state index contributed by atoms with van der Waals surface area (Å²) in [5, 5.41) is 1.61. The average Bonchev–Trinajstić information content (AvgIpc) is 2.96. The van der Waals surface area contributed by atoms with Gasteiger partial charge in [-0.05, 0) is 31.3 Å². The minimum atomic E-state index is -0.222. The number of nitrogens with zero attached hydrogens (tertiary/aromatic N) is 4. The predicted molar refractivity (Wildman–Crippen MR) is 105 cm³/mol. The molecule has 0 spiro atoms. The van der Waals surface area contributed by atoms with Gasteiger partial charge < -0.3 is 9.57 Å². The van der Waals surface area contributed by atoms with Gasteiger partial charge in [0.1, 0.15) is 0 Å². The molecule has 4 N–H and O–H groups in total. The number of rotatable bonds is 5. The molecule has 2 atom stereocenters. The first kappa shape index (κ1) is 20.5. The smallest absolute Gasteiger partial charge is 0.214 e. The SMILES string of the molecule is CN=CC(=NC)N(N)C1=C(CCN=C(ON)C(C)(C)C)CC2CCC1O2. The van der Waals surface area contributed by atoms with Gasteiger partial charge in [-0.1, -0.05) is 20.8 Å². The molecule has 0 aliphatic carbocycles. The zero-order chi connectivity index (χ0) is 19.3. The third kappa shape index (κ3) is 4.69. The largest absolute Gasteiger partial charge is 0.396 e. The van der Waals surface area contributed by atoms with Crippen molar-refractivity contribution in [2.75, 3.05) is 20.6 Å². The van der Waals surface area contributed by atoms with E-state index in [1.165, 1.54) is 5.57 Å². The predicted octanol–water partition coefficient (Wildman–Crippen LogP) is 1.82. The Labute approximate surface area is 156 Å². The minimum absolute atomic E-state index is 0.00702. The Bertz CT molecular complexity index is 618. The number of nitrogens with two attached hydrogens (primary N) is 2. The highest BCUT2D eigenvalue weighted by Gasteiger charge is 2.38. The second-order valence-corrected chi connectivity index (χ2v) is 7.66. The molecule has 146 valence electrons. The number of aliphatic imine (C=N–C) groups is 3. The van der Waals surface area contributed by atoms with Gasteiger partial charge in [0.05, 0.1) is 24.1 Å². The van der Waals surface area contributed by atoms with Gasteiger partial charge in [0, 0.05) is 26.1 Å². The van der Waals surface area contributed by atoms with Gasteiger partial charge in [0.2, 0.25) is 5.90 Å². The van der Waals surface area contributed by atoms with Gasteiger partial charge in [-0.25, -0.2) is 5.84 Å². The van der Waals surface area contributed by atoms with Crippen LogP contribution in [0.1, 0.15) is 46.5 Å². The molecule has 2 bridgehead atoms. The molecule has 1 fully saturated rings. The third-order valence-electron chi connectivity index (χ3n) is 4.65. The van der Waals surface area contributed by atoms with Crippen molar-refractivity contribution in [3.8, 4) is 0 Å². The zero-order valence-corrected chi connectivity index (χ0v) is 16.5. The molecule has 0 aromatic rings. The molecule has 8 nitrogen and oxygen atoms in total. The van der Waals surface area contributed by atoms with E-state index in [-0.39, 0.29) is 17.6 Å². The van der Waals surface area contributed by atoms with Gasteiger partial charge >= 0.3 is 0 Å². The summed E-state index contributed by atoms with van der Waals surface area (Å²) in [5.74, 6) is 12.9. The zero-order valence-electron chi connectivity index (χ0n) is 16.5. The standard InChI is InChI=1S/C18H32N6O2/c1-18(2,3)17(26-20)23-9-8-12-10-13-6-7-14(25-13)16(12)24(19)15(22-5)11-21-4/h11,13-14H,6-10,19-20H2,1-5H3. The Morgan fingerprint density at radius 3 is 2.65 bits per heavy atom. The van der Waals surface area contributed by atoms with Gasteiger partial charge in [-0.3, -0.25) is 20.0 Å². The fourth-order valence-electron chi connectivity index (χ4n) is 3.43. The normalized spacial score (nSPS) is 24.6. The van der Waals surface area contributed by atoms with Crippen LogP contribution in [0.3, 0.4) is 0 Å². The van der Waals surface area contributed by atoms with Crippen molar-refractivity contribution in [2.45, 2.75) is 58.7 Å². The fraction of sp³-hybridized carbons (Fsp3) is 0.722. The van der Waals surface area contributed by atoms with Crippen LogP contribution in [0.2, 0.25) is 0 Å². The summed E-state index contributed by atoms with van der Waals surface area (Å²) >= 11 is 0. The molecule has 2 heterocycles. The van der Waals surface area contributed by atoms with Crippen LogP contribution in [-0.4, -0.2) is 55.8 Å². The summed E-state index contributed by atoms with van der Waals surface area (Å²) in [4.78, 5) is 17.8. The van der Waals surface area contributed by atoms with E-state index >= 15 is 0 Å². The van der Waals surface area contributed by atoms with Gasteiger partial charge in [-0.2, -0.15) is 5.90 Å². The molecule has 2 aliphatic heterocycles. The molecule has 2 unspecified atom stereocenters. The van der Waals surface area contributed by atoms with Crippen LogP contribution in [0.15, 0.2) is 26.2 Å². The summed E-state index contributed by atoms with van der Waals surface area (Å²) in [5.41, 5.74) is 2.02. The highest BCUT2D eigenvalue weighted by Crippen LogP contribution is 2.38. The molecular weight excluding hydrogens is 332 g/mol. The summed E-state index contributed by atoms with van der Waals surface area (Å²) in [6, 6.07) is 0. The summed E-state index contributed by atoms with van der Waals surface area (Å²) in [7, 11) is 3.41. The molecule has 0 aromatic heterocycles. The Morgan fingerprint density at radius 1 is 1.35 bits per heavy atom. The van der Waals surface area contributed by atoms with E-state index in [9.17, 15) is 0 Å². The first-order chi connectivity index (χ1) is 12.3. The fourth-order valence-corrected chi connectivity index (χ4v) is 3.43. The van der Waals surface area contributed by atoms with E-state index in [4.69, 9.17) is 21.3 Å². The highest BCUT2D eigenvalue weighted by molar-refractivity contribution is 6.29. The molecule has 2 aliphatic rings. The van der Waals surface area contributed by atoms with Crippen LogP contribution in [-0.2, 0) is 9.57 Å². The summed E-state index contributed by atoms with van der Waals surface area (Å²) in [6.45, 7) is 6.66. The number of hydrazine groups is 1. The number of hydrogen-bond donors (Lipinski definition) is 2. The third-order valence-corrected chi connectivity index (χ3v) is 4.65. The number of amidine groups is 1. The van der Waals surface area contributed by atoms with E-state index in [2.05, 4.69) is 15.0 Å². The van der Waals surface area contributed by atoms with Crippen molar-refractivity contribution in [3.05, 3.63) is 11.3 Å². The van der Waals surface area contributed by atoms with Crippen LogP contribution in [0, 0.1) is 5.41 Å². The van der Waals surface area contributed by atoms with Gasteiger partial charge in [0.15, 0.2) is 5.84 Å². The van der Waals surface area contributed by atoms with Crippen LogP contribution in [0.5, 0.6) is 0 Å². The molecule has 0 saturated carbocycles. The lowest BCUT2D eigenvalue weighted by Crippen LogP contribution is -2.44. The molecule has 0 amide bonds. The van der Waals surface area contributed by atoms with E-state index in [0.29, 0.717) is 18.3 Å². The lowest BCUT2D eigenvalue weighted by molar-refractivity contribution is 0.0393. The first-order valence-corrected chi connectivity index (χ1v) is 9.04. The molecule has 26 heavy (non-hydrogen) atoms. The summed E-state index contributed by atoms with van der Waals surface area (Å²) < 4.78 is 6.08. The van der Waals surface area contributed by atoms with Gasteiger partial charge in [0.25, 0.3) is 0 Å². The van der Waals surface area contributed by atoms with Crippen molar-refractivity contribution in [3.63, 3.8) is 0 Å². The summed E-state index contributed by atoms with van der Waals surface area (Å²) in [6.07, 6.45) is 5.60. The van der Waals surface area contributed by atoms with E-state index < -0.39 is 0 Å². The maximum absolute atomic E-state index is 6.38. The molecule has 0 aromatic carbocycles. The molecule has 2 rings (SSSR count). The average molecular weight is 364 g/mol. The lowest BCUT2D eigenvalue weighted by atomic mass is 9.96. The van der Waals surface area contributed by atoms with Crippen molar-refractivity contribution in [1.29, 1.82) is 0 Å². The van der Waals surface area contributed by atoms with Crippen molar-refractivity contribution in [1.82, 2.24) is 5.01 Å². The quantitative estimate of drug-likeness (QED) is 0.334. The number of fused-ring (bicyclic) bond motifs is 2. The van der Waals surface area contributed by atoms with E-state index in [1.807, 2.05) is 20.8 Å². The van der Waals surface area contributed by atoms with Crippen LogP contribution in [0.4, 0.5) is 0 Å². The van der Waals surface area contributed by atoms with Crippen molar-refractivity contribution >= 4 is 17.9 Å². The Hall–Kier alpha value is -1.77. The first-order valence-electron chi connectivity index (χ1n) is 9.04. The Balaban J connectivity index is 2.24. The van der Waals surface area contributed by atoms with Gasteiger partial charge in [-0.15, -0.1) is 0 Å². The van der Waals surface area contributed by atoms with Crippen LogP contribution in [0.25, 0.3) is 0 Å². The monoisotopic (exact) mass is 364 g/mol. The molecule has 0 radical (unpaired) electrons. The van der Waals surface area contributed by atoms with E-state index in [0.717, 1.165) is 31.4 Å². The lowest BCUT2D eigenvalue weighted by Gasteiger charge is -2.33. The minimum Gasteiger partial charge on any atom is -0.396 e. The van der Waals surface area contributed by atoms with Crippen molar-refractivity contribution < 1.29 is 9.57 Å². The topological polar surface area (TPSA) is 111 Å². The van der Waals surface area contributed by atoms with E-state index in [1.54, 1.807) is 25.3 Å². The second-order valence-electron chi connectivity index (χ2n) is 7.66. The Kier molecular flexibility index (Phi) is 6.91. The maximum atomic E-state index is 6.38. The maximum Gasteiger partial charge on any atom is 0.214 e. The molecule has 1 saturated heterocycles. The second kappa shape index (κ2) is 8.75. The number of hydrogen-bond acceptors (Lipinski definition) is 7. The van der Waals surface area contributed by atoms with Crippen molar-refractivity contribution in [2.24, 2.45) is 32.1 Å². The van der Waals surface area contributed by atoms with Crippen LogP contribution < -0.4 is 11.7 Å². The molecule has 8 heteroatoms. The molecular formula is C18H32N6O2. The highest BCUT2D eigenvalue weighted by atomic mass is 16.6. The van der Waals surface area contributed by atoms with Crippen LogP contribution >= 0.6 is 0 Å².